The smallest absolute Gasteiger partial charge is 0.255 e. The molecule has 2 rings (SSSR count). The molecule has 0 radical (unpaired) electrons. The zero-order valence-electron chi connectivity index (χ0n) is 11.4. The number of carbonyl (C=O) groups is 1. The van der Waals surface area contributed by atoms with Gasteiger partial charge in [-0.05, 0) is 12.1 Å². The average Bonchev–Trinajstić information content (AvgIpc) is 2.50. The largest absolute Gasteiger partial charge is 0.378 e. The molecule has 1 aliphatic heterocycles. The third kappa shape index (κ3) is 3.34. The van der Waals surface area contributed by atoms with E-state index in [-0.39, 0.29) is 32.2 Å². The van der Waals surface area contributed by atoms with Gasteiger partial charge in [0.2, 0.25) is 0 Å². The lowest BCUT2D eigenvalue weighted by Crippen LogP contribution is -2.40. The molecule has 0 spiro atoms. The number of ether oxygens (including phenoxy) is 1. The summed E-state index contributed by atoms with van der Waals surface area (Å²) in [5, 5.41) is -0.125. The van der Waals surface area contributed by atoms with Gasteiger partial charge < -0.3 is 9.64 Å². The van der Waals surface area contributed by atoms with Crippen molar-refractivity contribution < 1.29 is 17.9 Å². The van der Waals surface area contributed by atoms with Crippen LogP contribution >= 0.6 is 23.2 Å². The van der Waals surface area contributed by atoms with Crippen molar-refractivity contribution in [1.82, 2.24) is 4.90 Å². The Morgan fingerprint density at radius 1 is 1.24 bits per heavy atom. The zero-order valence-corrected chi connectivity index (χ0v) is 13.8. The first-order chi connectivity index (χ1) is 9.88. The van der Waals surface area contributed by atoms with Gasteiger partial charge in [-0.1, -0.05) is 30.1 Å². The van der Waals surface area contributed by atoms with Gasteiger partial charge in [-0.25, -0.2) is 8.42 Å². The first-order valence-corrected chi connectivity index (χ1v) is 8.87. The topological polar surface area (TPSA) is 63.7 Å². The van der Waals surface area contributed by atoms with Gasteiger partial charge in [0, 0.05) is 13.1 Å². The molecule has 0 aromatic heterocycles. The van der Waals surface area contributed by atoms with Crippen molar-refractivity contribution in [3.63, 3.8) is 0 Å². The molecule has 1 fully saturated rings. The molecule has 0 aliphatic carbocycles. The van der Waals surface area contributed by atoms with E-state index in [4.69, 9.17) is 27.9 Å². The number of nitrogens with zero attached hydrogens (tertiary/aromatic N) is 1. The van der Waals surface area contributed by atoms with E-state index >= 15 is 0 Å². The van der Waals surface area contributed by atoms with E-state index in [9.17, 15) is 13.2 Å². The summed E-state index contributed by atoms with van der Waals surface area (Å²) in [6, 6.07) is 2.75. The van der Waals surface area contributed by atoms with Crippen LogP contribution in [0.15, 0.2) is 17.0 Å². The highest BCUT2D eigenvalue weighted by atomic mass is 35.5. The number of morpholine rings is 1. The monoisotopic (exact) mass is 351 g/mol. The zero-order chi connectivity index (χ0) is 15.6. The van der Waals surface area contributed by atoms with Crippen LogP contribution in [0.5, 0.6) is 0 Å². The van der Waals surface area contributed by atoms with Gasteiger partial charge in [0.1, 0.15) is 0 Å². The molecule has 0 unspecified atom stereocenters. The van der Waals surface area contributed by atoms with Gasteiger partial charge in [0.25, 0.3) is 5.91 Å². The van der Waals surface area contributed by atoms with Crippen molar-refractivity contribution in [2.45, 2.75) is 11.8 Å². The van der Waals surface area contributed by atoms with Crippen LogP contribution in [0, 0.1) is 0 Å². The standard InChI is InChI=1S/C13H15Cl2NO4S/c1-2-21(18,19)10-4-3-9(11(14)12(10)15)13(17)16-5-7-20-8-6-16/h3-4H,2,5-8H2,1H3. The van der Waals surface area contributed by atoms with Crippen LogP contribution in [0.3, 0.4) is 0 Å². The van der Waals surface area contributed by atoms with Gasteiger partial charge in [-0.2, -0.15) is 0 Å². The van der Waals surface area contributed by atoms with Crippen molar-refractivity contribution in [3.8, 4) is 0 Å². The maximum absolute atomic E-state index is 12.4. The Kier molecular flexibility index (Phi) is 5.14. The quantitative estimate of drug-likeness (QED) is 0.837. The number of amides is 1. The van der Waals surface area contributed by atoms with Crippen LogP contribution in [0.1, 0.15) is 17.3 Å². The maximum Gasteiger partial charge on any atom is 0.255 e. The highest BCUT2D eigenvalue weighted by Gasteiger charge is 2.25. The summed E-state index contributed by atoms with van der Waals surface area (Å²) in [4.78, 5) is 13.9. The Morgan fingerprint density at radius 2 is 1.86 bits per heavy atom. The molecule has 1 saturated heterocycles. The molecule has 0 bridgehead atoms. The predicted molar refractivity (Wildman–Crippen MR) is 80.9 cm³/mol. The van der Waals surface area contributed by atoms with Crippen LogP contribution in [0.25, 0.3) is 0 Å². The van der Waals surface area contributed by atoms with Crippen molar-refractivity contribution in [2.24, 2.45) is 0 Å². The molecule has 8 heteroatoms. The minimum absolute atomic E-state index is 0.0253. The molecule has 0 atom stereocenters. The molecule has 0 saturated carbocycles. The molecular weight excluding hydrogens is 337 g/mol. The number of halogens is 2. The molecule has 1 heterocycles. The first-order valence-electron chi connectivity index (χ1n) is 6.46. The lowest BCUT2D eigenvalue weighted by atomic mass is 10.2. The molecular formula is C13H15Cl2NO4S. The van der Waals surface area contributed by atoms with Crippen molar-refractivity contribution in [1.29, 1.82) is 0 Å². The van der Waals surface area contributed by atoms with Gasteiger partial charge in [0.05, 0.1) is 39.5 Å². The average molecular weight is 352 g/mol. The Morgan fingerprint density at radius 3 is 2.43 bits per heavy atom. The van der Waals surface area contributed by atoms with Crippen LogP contribution in [0.2, 0.25) is 10.0 Å². The van der Waals surface area contributed by atoms with Gasteiger partial charge in [-0.3, -0.25) is 4.79 Å². The molecule has 1 aliphatic rings. The summed E-state index contributed by atoms with van der Waals surface area (Å²) in [6.07, 6.45) is 0. The fourth-order valence-corrected chi connectivity index (χ4v) is 3.81. The minimum atomic E-state index is -3.48. The van der Waals surface area contributed by atoms with Gasteiger partial charge in [-0.15, -0.1) is 0 Å². The minimum Gasteiger partial charge on any atom is -0.378 e. The number of hydrogen-bond donors (Lipinski definition) is 0. The van der Waals surface area contributed by atoms with E-state index in [1.165, 1.54) is 19.1 Å². The van der Waals surface area contributed by atoms with Crippen molar-refractivity contribution in [2.75, 3.05) is 32.1 Å². The Balaban J connectivity index is 2.39. The summed E-state index contributed by atoms with van der Waals surface area (Å²) >= 11 is 12.1. The third-order valence-electron chi connectivity index (χ3n) is 3.29. The Hall–Kier alpha value is -0.820. The summed E-state index contributed by atoms with van der Waals surface area (Å²) in [5.74, 6) is -0.356. The van der Waals surface area contributed by atoms with Crippen molar-refractivity contribution in [3.05, 3.63) is 27.7 Å². The first kappa shape index (κ1) is 16.5. The van der Waals surface area contributed by atoms with E-state index < -0.39 is 9.84 Å². The number of rotatable bonds is 3. The van der Waals surface area contributed by atoms with Crippen LogP contribution in [-0.2, 0) is 14.6 Å². The Bertz CT molecular complexity index is 654. The molecule has 1 amide bonds. The molecule has 116 valence electrons. The molecule has 21 heavy (non-hydrogen) atoms. The van der Waals surface area contributed by atoms with Crippen LogP contribution < -0.4 is 0 Å². The molecule has 1 aromatic carbocycles. The van der Waals surface area contributed by atoms with E-state index in [0.29, 0.717) is 26.3 Å². The third-order valence-corrected chi connectivity index (χ3v) is 6.06. The number of carbonyl (C=O) groups excluding carboxylic acids is 1. The SMILES string of the molecule is CCS(=O)(=O)c1ccc(C(=O)N2CCOCC2)c(Cl)c1Cl. The number of sulfone groups is 1. The van der Waals surface area contributed by atoms with E-state index in [1.807, 2.05) is 0 Å². The maximum atomic E-state index is 12.4. The predicted octanol–water partition coefficient (Wildman–Crippen LogP) is 2.26. The van der Waals surface area contributed by atoms with E-state index in [2.05, 4.69) is 0 Å². The lowest BCUT2D eigenvalue weighted by Gasteiger charge is -2.27. The summed E-state index contributed by atoms with van der Waals surface area (Å²) < 4.78 is 29.0. The second-order valence-electron chi connectivity index (χ2n) is 4.55. The Labute approximate surface area is 133 Å². The molecule has 1 aromatic rings. The van der Waals surface area contributed by atoms with Crippen LogP contribution in [-0.4, -0.2) is 51.3 Å². The lowest BCUT2D eigenvalue weighted by molar-refractivity contribution is 0.0303. The molecule has 0 N–H and O–H groups in total. The highest BCUT2D eigenvalue weighted by Crippen LogP contribution is 2.33. The van der Waals surface area contributed by atoms with Gasteiger partial charge in [0.15, 0.2) is 9.84 Å². The number of hydrogen-bond acceptors (Lipinski definition) is 4. The van der Waals surface area contributed by atoms with E-state index in [1.54, 1.807) is 4.90 Å². The second kappa shape index (κ2) is 6.52. The summed E-state index contributed by atoms with van der Waals surface area (Å²) in [7, 11) is -3.48. The van der Waals surface area contributed by atoms with Gasteiger partial charge >= 0.3 is 0 Å². The summed E-state index contributed by atoms with van der Waals surface area (Å²) in [6.45, 7) is 3.41. The number of benzene rings is 1. The van der Waals surface area contributed by atoms with Crippen LogP contribution in [0.4, 0.5) is 0 Å². The van der Waals surface area contributed by atoms with E-state index in [0.717, 1.165) is 0 Å². The fraction of sp³-hybridized carbons (Fsp3) is 0.462. The van der Waals surface area contributed by atoms with Crippen molar-refractivity contribution >= 4 is 38.9 Å². The normalized spacial score (nSPS) is 16.0. The fourth-order valence-electron chi connectivity index (χ4n) is 2.03. The summed E-state index contributed by atoms with van der Waals surface area (Å²) in [5.41, 5.74) is 0.207. The second-order valence-corrected chi connectivity index (χ2v) is 7.55. The molecule has 5 nitrogen and oxygen atoms in total. The highest BCUT2D eigenvalue weighted by molar-refractivity contribution is 7.91.